The highest BCUT2D eigenvalue weighted by molar-refractivity contribution is 9.11. The maximum absolute atomic E-state index is 10.5. The van der Waals surface area contributed by atoms with Gasteiger partial charge in [-0.15, -0.1) is 0 Å². The van der Waals surface area contributed by atoms with Crippen molar-refractivity contribution in [1.29, 1.82) is 0 Å². The fraction of sp³-hybridized carbons (Fsp3) is 0. The minimum atomic E-state index is 0.0976. The molecule has 22 heavy (non-hydrogen) atoms. The molecule has 0 atom stereocenters. The zero-order chi connectivity index (χ0) is 15.4. The van der Waals surface area contributed by atoms with Crippen molar-refractivity contribution in [2.75, 3.05) is 0 Å². The van der Waals surface area contributed by atoms with Gasteiger partial charge in [-0.05, 0) is 56.1 Å². The van der Waals surface area contributed by atoms with Gasteiger partial charge in [-0.3, -0.25) is 0 Å². The van der Waals surface area contributed by atoms with E-state index in [1.54, 1.807) is 0 Å². The molecule has 4 rings (SSSR count). The fourth-order valence-corrected chi connectivity index (χ4v) is 3.85. The highest BCUT2D eigenvalue weighted by Crippen LogP contribution is 2.45. The first-order chi connectivity index (χ1) is 10.6. The van der Waals surface area contributed by atoms with Crippen LogP contribution < -0.4 is 0 Å². The molecule has 0 fully saturated rings. The van der Waals surface area contributed by atoms with Crippen molar-refractivity contribution in [2.24, 2.45) is 0 Å². The molecule has 0 unspecified atom stereocenters. The Bertz CT molecular complexity index is 950. The molecule has 2 heterocycles. The topological polar surface area (TPSA) is 72.0 Å². The van der Waals surface area contributed by atoms with Crippen molar-refractivity contribution in [3.63, 3.8) is 0 Å². The van der Waals surface area contributed by atoms with E-state index in [4.69, 9.17) is 0 Å². The van der Waals surface area contributed by atoms with Crippen LogP contribution in [0.1, 0.15) is 0 Å². The normalized spacial score (nSPS) is 11.5. The molecule has 4 nitrogen and oxygen atoms in total. The Hall–Kier alpha value is -1.92. The Morgan fingerprint density at radius 1 is 0.682 bits per heavy atom. The Labute approximate surface area is 142 Å². The number of rotatable bonds is 1. The molecule has 4 aromatic rings. The Morgan fingerprint density at radius 2 is 1.09 bits per heavy atom. The average Bonchev–Trinajstić information content (AvgIpc) is 2.99. The lowest BCUT2D eigenvalue weighted by Crippen LogP contribution is -1.78. The SMILES string of the molecule is Oc1c(-c2[nH]c3cccc(Br)c3c2O)[nH]c2cccc(Br)c12. The van der Waals surface area contributed by atoms with Gasteiger partial charge >= 0.3 is 0 Å². The van der Waals surface area contributed by atoms with Gasteiger partial charge in [0.2, 0.25) is 0 Å². The van der Waals surface area contributed by atoms with Gasteiger partial charge < -0.3 is 20.2 Å². The number of aromatic hydroxyl groups is 2. The van der Waals surface area contributed by atoms with E-state index in [-0.39, 0.29) is 11.5 Å². The predicted molar refractivity (Wildman–Crippen MR) is 94.3 cm³/mol. The third-order valence-electron chi connectivity index (χ3n) is 3.74. The van der Waals surface area contributed by atoms with Gasteiger partial charge in [-0.2, -0.15) is 0 Å². The lowest BCUT2D eigenvalue weighted by Gasteiger charge is -1.98. The molecule has 2 aromatic heterocycles. The largest absolute Gasteiger partial charge is 0.505 e. The molecule has 0 aliphatic heterocycles. The van der Waals surface area contributed by atoms with Crippen molar-refractivity contribution in [2.45, 2.75) is 0 Å². The monoisotopic (exact) mass is 420 g/mol. The third kappa shape index (κ3) is 1.80. The lowest BCUT2D eigenvalue weighted by atomic mass is 10.2. The molecule has 0 spiro atoms. The predicted octanol–water partition coefficient (Wildman–Crippen LogP) is 5.25. The van der Waals surface area contributed by atoms with Gasteiger partial charge in [0.15, 0.2) is 11.5 Å². The van der Waals surface area contributed by atoms with Crippen molar-refractivity contribution in [3.05, 3.63) is 45.3 Å². The lowest BCUT2D eigenvalue weighted by molar-refractivity contribution is 0.475. The van der Waals surface area contributed by atoms with Gasteiger partial charge in [-0.1, -0.05) is 12.1 Å². The van der Waals surface area contributed by atoms with E-state index in [1.165, 1.54) is 0 Å². The number of nitrogens with one attached hydrogen (secondary N) is 2. The van der Waals surface area contributed by atoms with Crippen LogP contribution >= 0.6 is 31.9 Å². The summed E-state index contributed by atoms with van der Waals surface area (Å²) in [5, 5.41) is 22.5. The van der Waals surface area contributed by atoms with Gasteiger partial charge in [0.25, 0.3) is 0 Å². The van der Waals surface area contributed by atoms with E-state index < -0.39 is 0 Å². The smallest absolute Gasteiger partial charge is 0.151 e. The zero-order valence-electron chi connectivity index (χ0n) is 11.1. The van der Waals surface area contributed by atoms with Crippen LogP contribution in [0.3, 0.4) is 0 Å². The number of benzene rings is 2. The van der Waals surface area contributed by atoms with Crippen molar-refractivity contribution >= 4 is 53.7 Å². The first kappa shape index (κ1) is 13.7. The van der Waals surface area contributed by atoms with Crippen molar-refractivity contribution in [1.82, 2.24) is 9.97 Å². The standard InChI is InChI=1S/C16H10Br2N2O2/c17-7-3-1-5-9-11(7)15(21)13(19-9)14-16(22)12-8(18)4-2-6-10(12)20-14/h1-6,19-22H. The Balaban J connectivity index is 2.08. The molecule has 0 saturated heterocycles. The molecule has 4 N–H and O–H groups in total. The summed E-state index contributed by atoms with van der Waals surface area (Å²) in [5.41, 5.74) is 2.50. The van der Waals surface area contributed by atoms with Gasteiger partial charge in [0.1, 0.15) is 11.4 Å². The molecule has 110 valence electrons. The zero-order valence-corrected chi connectivity index (χ0v) is 14.3. The quantitative estimate of drug-likeness (QED) is 0.338. The second-order valence-corrected chi connectivity index (χ2v) is 6.73. The van der Waals surface area contributed by atoms with Crippen molar-refractivity contribution < 1.29 is 10.2 Å². The van der Waals surface area contributed by atoms with E-state index in [2.05, 4.69) is 41.8 Å². The van der Waals surface area contributed by atoms with Crippen LogP contribution in [0.2, 0.25) is 0 Å². The number of fused-ring (bicyclic) bond motifs is 2. The van der Waals surface area contributed by atoms with Crippen LogP contribution in [0.25, 0.3) is 33.2 Å². The molecule has 0 radical (unpaired) electrons. The summed E-state index contributed by atoms with van der Waals surface area (Å²) in [7, 11) is 0. The second kappa shape index (κ2) is 4.79. The molecule has 0 amide bonds. The van der Waals surface area contributed by atoms with Crippen LogP contribution in [0, 0.1) is 0 Å². The average molecular weight is 422 g/mol. The minimum Gasteiger partial charge on any atom is -0.505 e. The van der Waals surface area contributed by atoms with Crippen LogP contribution in [-0.4, -0.2) is 20.2 Å². The number of aromatic nitrogens is 2. The summed E-state index contributed by atoms with van der Waals surface area (Å²) in [5.74, 6) is 0.195. The second-order valence-electron chi connectivity index (χ2n) is 5.02. The number of hydrogen-bond donors (Lipinski definition) is 4. The Kier molecular flexibility index (Phi) is 2.99. The highest BCUT2D eigenvalue weighted by Gasteiger charge is 2.21. The summed E-state index contributed by atoms with van der Waals surface area (Å²) in [6.45, 7) is 0. The third-order valence-corrected chi connectivity index (χ3v) is 5.07. The van der Waals surface area contributed by atoms with E-state index in [0.717, 1.165) is 20.0 Å². The summed E-state index contributed by atoms with van der Waals surface area (Å²) in [6.07, 6.45) is 0. The molecule has 0 saturated carbocycles. The summed E-state index contributed by atoms with van der Waals surface area (Å²) in [6, 6.07) is 11.2. The number of hydrogen-bond acceptors (Lipinski definition) is 2. The molecule has 2 aromatic carbocycles. The van der Waals surface area contributed by atoms with Crippen molar-refractivity contribution in [3.8, 4) is 22.9 Å². The fourth-order valence-electron chi connectivity index (χ4n) is 2.74. The minimum absolute atomic E-state index is 0.0976. The molecular formula is C16H10Br2N2O2. The summed E-state index contributed by atoms with van der Waals surface area (Å²) < 4.78 is 1.59. The van der Waals surface area contributed by atoms with E-state index in [0.29, 0.717) is 22.2 Å². The highest BCUT2D eigenvalue weighted by atomic mass is 79.9. The molecule has 0 aliphatic carbocycles. The van der Waals surface area contributed by atoms with Crippen LogP contribution in [0.4, 0.5) is 0 Å². The number of aromatic amines is 2. The maximum Gasteiger partial charge on any atom is 0.151 e. The van der Waals surface area contributed by atoms with Crippen LogP contribution in [0.15, 0.2) is 45.3 Å². The molecule has 0 aliphatic rings. The number of halogens is 2. The van der Waals surface area contributed by atoms with Gasteiger partial charge in [0.05, 0.1) is 21.8 Å². The Morgan fingerprint density at radius 3 is 1.45 bits per heavy atom. The molecular weight excluding hydrogens is 412 g/mol. The van der Waals surface area contributed by atoms with E-state index in [9.17, 15) is 10.2 Å². The van der Waals surface area contributed by atoms with Crippen LogP contribution in [-0.2, 0) is 0 Å². The molecule has 6 heteroatoms. The maximum atomic E-state index is 10.5. The number of H-pyrrole nitrogens is 2. The summed E-state index contributed by atoms with van der Waals surface area (Å²) in [4.78, 5) is 6.31. The van der Waals surface area contributed by atoms with E-state index >= 15 is 0 Å². The molecule has 0 bridgehead atoms. The first-order valence-corrected chi connectivity index (χ1v) is 8.15. The van der Waals surface area contributed by atoms with Crippen LogP contribution in [0.5, 0.6) is 11.5 Å². The van der Waals surface area contributed by atoms with E-state index in [1.807, 2.05) is 36.4 Å². The van der Waals surface area contributed by atoms with Gasteiger partial charge in [0, 0.05) is 8.95 Å². The van der Waals surface area contributed by atoms with Gasteiger partial charge in [-0.25, -0.2) is 0 Å². The first-order valence-electron chi connectivity index (χ1n) is 6.56. The summed E-state index contributed by atoms with van der Waals surface area (Å²) >= 11 is 6.88.